The Hall–Kier alpha value is -2.24. The van der Waals surface area contributed by atoms with Crippen LogP contribution in [0.25, 0.3) is 0 Å². The summed E-state index contributed by atoms with van der Waals surface area (Å²) >= 11 is 0. The normalized spacial score (nSPS) is 54.3. The number of methoxy groups -OCH3 is 1. The summed E-state index contributed by atoms with van der Waals surface area (Å²) in [5.74, 6) is 5.71. The zero-order chi connectivity index (χ0) is 91.2. The van der Waals surface area contributed by atoms with Crippen molar-refractivity contribution in [3.8, 4) is 5.75 Å². The van der Waals surface area contributed by atoms with Gasteiger partial charge in [0.1, 0.15) is 5.75 Å². The summed E-state index contributed by atoms with van der Waals surface area (Å²) in [4.78, 5) is 60.2. The summed E-state index contributed by atoms with van der Waals surface area (Å²) in [6.07, 6.45) is 36.9. The fourth-order valence-corrected chi connectivity index (χ4v) is 30.7. The highest BCUT2D eigenvalue weighted by Gasteiger charge is 2.76. The van der Waals surface area contributed by atoms with Gasteiger partial charge in [0.2, 0.25) is 35.2 Å². The van der Waals surface area contributed by atoms with Crippen molar-refractivity contribution in [2.45, 2.75) is 473 Å². The monoisotopic (exact) mass is 1840 g/mol. The average molecular weight is 1840 g/mol. The van der Waals surface area contributed by atoms with E-state index in [1.165, 1.54) is 77.0 Å². The van der Waals surface area contributed by atoms with Crippen molar-refractivity contribution in [3.05, 3.63) is 43.0 Å². The second-order valence-electron chi connectivity index (χ2n) is 46.8. The molecule has 0 radical (unpaired) electrons. The van der Waals surface area contributed by atoms with Crippen molar-refractivity contribution in [2.75, 3.05) is 13.7 Å². The summed E-state index contributed by atoms with van der Waals surface area (Å²) in [5.41, 5.74) is -2.48. The first-order valence-electron chi connectivity index (χ1n) is 52.9. The van der Waals surface area contributed by atoms with E-state index in [0.29, 0.717) is 114 Å². The molecule has 1 aromatic rings. The maximum Gasteiger partial charge on any atom is 0.205 e. The van der Waals surface area contributed by atoms with Crippen LogP contribution in [0.5, 0.6) is 5.75 Å². The predicted molar refractivity (Wildman–Crippen MR) is 477 cm³/mol. The molecule has 44 atom stereocenters. The van der Waals surface area contributed by atoms with Crippen LogP contribution < -0.4 is 4.74 Å². The standard InChI is InChI=1S/C22H36O6.2C21H34O5.C21H28O5.C20H32O5/c1-13-9-10-16-14(2)19(24-18-8-6-5-7-17(18)23-4)25-20-22(16)15(13)11-12-21(3,26-20)27-28-22;1-12-8-9-16-14(3)18(22-17-7-5-6-13(17)2)23-19-21(16)15(12)10-11-20(4,24-19)25-26-21;2*1-13-9-10-17-14(2)18(22-15-7-5-4-6-8-15)23-19-21(17)16(13)11-12-20(3,24-19)25-26-21;1-5-6-7-12-21-17-14(3)16-9-8-13(2)15-10-11-19(4)23-18(22-17)20(15,16)25-24-19/h13-20H,5-12H2,1-4H3;12-19H,5-11H2,1-4H3;13-19H,4-12H2,1-3H3;4-8,13-14,16-19H,9-12H2,1-3H3;5,13-18H,1,6-12H2,2-4H3/t13-,14-,15?,16?,17?,18?,19?,20-,21-,22-;12-,13?,14-,15?,16?,17?,18?,19-,20-,21-;2*13-,14-,16?,17?,18?,19-,20-,21-;13-,14-,15?,16?,17?,18-,19-,20-/m11111/s1. The molecule has 19 unspecified atom stereocenters. The van der Waals surface area contributed by atoms with Crippen LogP contribution in [0.2, 0.25) is 0 Å². The Labute approximate surface area is 780 Å². The highest BCUT2D eigenvalue weighted by Crippen LogP contribution is 2.68. The van der Waals surface area contributed by atoms with E-state index < -0.39 is 75.8 Å². The molecule has 740 valence electrons. The third-order valence-electron chi connectivity index (χ3n) is 38.5. The van der Waals surface area contributed by atoms with Crippen molar-refractivity contribution < 1.29 is 125 Å². The second-order valence-corrected chi connectivity index (χ2v) is 46.8. The van der Waals surface area contributed by atoms with Crippen molar-refractivity contribution in [2.24, 2.45) is 124 Å². The van der Waals surface area contributed by atoms with Crippen LogP contribution in [0.15, 0.2) is 43.0 Å². The third-order valence-corrected chi connectivity index (χ3v) is 38.5. The molecule has 10 bridgehead atoms. The molecule has 26 heteroatoms. The largest absolute Gasteiger partial charge is 0.465 e. The van der Waals surface area contributed by atoms with E-state index in [1.54, 1.807) is 7.11 Å². The first-order valence-corrected chi connectivity index (χ1v) is 52.9. The second kappa shape index (κ2) is 37.9. The Bertz CT molecular complexity index is 4000. The van der Waals surface area contributed by atoms with Crippen molar-refractivity contribution >= 4 is 0 Å². The summed E-state index contributed by atoms with van der Waals surface area (Å²) in [7, 11) is 1.79. The van der Waals surface area contributed by atoms with Gasteiger partial charge in [-0.25, -0.2) is 48.9 Å². The Morgan fingerprint density at radius 2 is 0.634 bits per heavy atom. The number of fused-ring (bicyclic) bond motifs is 10. The average Bonchev–Trinajstić information content (AvgIpc) is 1.68. The molecule has 0 amide bonds. The first kappa shape index (κ1) is 96.3. The number of rotatable bonds is 14. The van der Waals surface area contributed by atoms with E-state index in [1.807, 2.05) is 71.0 Å². The number of benzene rings is 1. The van der Waals surface area contributed by atoms with Crippen LogP contribution in [-0.4, -0.2) is 158 Å². The maximum atomic E-state index is 6.57. The van der Waals surface area contributed by atoms with Gasteiger partial charge >= 0.3 is 0 Å². The molecular weight excluding hydrogens is 1680 g/mol. The molecular formula is C105H164O26. The SMILES string of the molecule is C=CCCCOC1O[C@@H]2O[C@@]3(C)CCC4[C@H](C)CCC([C@H]1C)[C@]42OO3.CC1CCCC1OC1O[C@@H]2O[C@@]3(C)CCC4[C@H](C)CCC([C@H]1C)[C@]42OO3.COC1CCCCC1OC1O[C@@H]2O[C@@]3(C)CCC4[C@H](C)CCC([C@H]1C)[C@]42OO3.C[C@H]1C(OC2CCCCC2)O[C@@H]2O[C@@]3(C)CCC4[C@H](C)CCC1[C@]42OO3.C[C@H]1C(Oc2ccccc2)O[C@@H]2O[C@@]3(C)CCC4[C@H](C)CCC1[C@]42OO3. The van der Waals surface area contributed by atoms with Gasteiger partial charge in [0.05, 0.1) is 31.0 Å². The summed E-state index contributed by atoms with van der Waals surface area (Å²) in [6.45, 7) is 39.5. The maximum absolute atomic E-state index is 6.57. The molecule has 8 saturated carbocycles. The zero-order valence-corrected chi connectivity index (χ0v) is 82.2. The van der Waals surface area contributed by atoms with Gasteiger partial charge in [-0.2, -0.15) is 0 Å². The fraction of sp³-hybridized carbons (Fsp3) is 0.924. The molecule has 1 aromatic carbocycles. The van der Waals surface area contributed by atoms with E-state index in [0.717, 1.165) is 147 Å². The quantitative estimate of drug-likeness (QED) is 0.0955. The van der Waals surface area contributed by atoms with E-state index in [-0.39, 0.29) is 85.8 Å². The lowest BCUT2D eigenvalue weighted by Crippen LogP contribution is -2.70. The summed E-state index contributed by atoms with van der Waals surface area (Å²) in [6, 6.07) is 9.87. The molecule has 8 aliphatic carbocycles. The topological polar surface area (TPSA) is 240 Å². The molecule has 5 spiro atoms. The first-order chi connectivity index (χ1) is 62.9. The predicted octanol–water partition coefficient (Wildman–Crippen LogP) is 21.6. The molecule has 0 N–H and O–H groups in total. The van der Waals surface area contributed by atoms with Crippen molar-refractivity contribution in [1.29, 1.82) is 0 Å². The van der Waals surface area contributed by atoms with E-state index in [9.17, 15) is 0 Å². The molecule has 28 fully saturated rings. The summed E-state index contributed by atoms with van der Waals surface area (Å²) < 4.78 is 102. The fourth-order valence-electron chi connectivity index (χ4n) is 30.7. The molecule has 20 saturated heterocycles. The van der Waals surface area contributed by atoms with Gasteiger partial charge in [-0.1, -0.05) is 139 Å². The Morgan fingerprint density at radius 1 is 0.313 bits per heavy atom. The van der Waals surface area contributed by atoms with Gasteiger partial charge in [-0.15, -0.1) is 6.58 Å². The van der Waals surface area contributed by atoms with Crippen molar-refractivity contribution in [3.63, 3.8) is 0 Å². The number of hydrogen-bond acceptors (Lipinski definition) is 26. The van der Waals surface area contributed by atoms with Crippen LogP contribution in [-0.2, 0) is 120 Å². The molecule has 28 aliphatic rings. The summed E-state index contributed by atoms with van der Waals surface area (Å²) in [5, 5.41) is 0. The molecule has 26 nitrogen and oxygen atoms in total. The van der Waals surface area contributed by atoms with Gasteiger partial charge in [-0.05, 0) is 260 Å². The zero-order valence-electron chi connectivity index (χ0n) is 82.2. The Morgan fingerprint density at radius 3 is 0.992 bits per heavy atom. The molecule has 29 rings (SSSR count). The molecule has 20 heterocycles. The highest BCUT2D eigenvalue weighted by atomic mass is 17.3. The van der Waals surface area contributed by atoms with Crippen LogP contribution >= 0.6 is 0 Å². The van der Waals surface area contributed by atoms with Crippen molar-refractivity contribution in [1.82, 2.24) is 0 Å². The van der Waals surface area contributed by atoms with Crippen LogP contribution in [0.3, 0.4) is 0 Å². The van der Waals surface area contributed by atoms with Gasteiger partial charge in [0, 0.05) is 98.4 Å². The minimum atomic E-state index is -0.741. The van der Waals surface area contributed by atoms with Gasteiger partial charge in [0.25, 0.3) is 0 Å². The van der Waals surface area contributed by atoms with E-state index in [4.69, 9.17) is 125 Å². The van der Waals surface area contributed by atoms with Gasteiger partial charge in [-0.3, -0.25) is 0 Å². The lowest BCUT2D eigenvalue weighted by molar-refractivity contribution is -0.578. The van der Waals surface area contributed by atoms with Gasteiger partial charge in [0.15, 0.2) is 84.6 Å². The lowest BCUT2D eigenvalue weighted by atomic mass is 9.58. The number of para-hydroxylation sites is 1. The molecule has 131 heavy (non-hydrogen) atoms. The molecule has 0 aromatic heterocycles. The number of unbranched alkanes of at least 4 members (excludes halogenated alkanes) is 1. The number of hydrogen-bond donors (Lipinski definition) is 0. The van der Waals surface area contributed by atoms with E-state index in [2.05, 4.69) is 82.7 Å². The Balaban J connectivity index is 0.000000102. The Kier molecular flexibility index (Phi) is 27.8. The minimum Gasteiger partial charge on any atom is -0.465 e. The number of ether oxygens (including phenoxy) is 16. The van der Waals surface area contributed by atoms with Gasteiger partial charge < -0.3 is 75.8 Å². The van der Waals surface area contributed by atoms with Crippen LogP contribution in [0.4, 0.5) is 0 Å². The third kappa shape index (κ3) is 17.1. The lowest BCUT2D eigenvalue weighted by Gasteiger charge is -2.60. The highest BCUT2D eigenvalue weighted by molar-refractivity contribution is 5.22. The van der Waals surface area contributed by atoms with Crippen LogP contribution in [0.1, 0.15) is 329 Å². The number of allylic oxidation sites excluding steroid dienone is 1. The molecule has 20 aliphatic heterocycles. The smallest absolute Gasteiger partial charge is 0.205 e. The minimum absolute atomic E-state index is 0.0919. The van der Waals surface area contributed by atoms with E-state index >= 15 is 0 Å². The van der Waals surface area contributed by atoms with Crippen LogP contribution in [0, 0.1) is 124 Å².